The van der Waals surface area contributed by atoms with Crippen LogP contribution in [0.15, 0.2) is 30.5 Å². The molecule has 1 aliphatic rings. The molecule has 1 aromatic heterocycles. The van der Waals surface area contributed by atoms with E-state index in [4.69, 9.17) is 14.5 Å². The number of methoxy groups -OCH3 is 2. The Morgan fingerprint density at radius 3 is 2.62 bits per heavy atom. The van der Waals surface area contributed by atoms with Crippen LogP contribution in [0.5, 0.6) is 5.75 Å². The highest BCUT2D eigenvalue weighted by Gasteiger charge is 2.31. The molecular formula is C22H30N4O3. The summed E-state index contributed by atoms with van der Waals surface area (Å²) in [5.41, 5.74) is 2.87. The largest absolute Gasteiger partial charge is 0.497 e. The third kappa shape index (κ3) is 4.85. The fourth-order valence-corrected chi connectivity index (χ4v) is 3.70. The van der Waals surface area contributed by atoms with Crippen LogP contribution in [-0.4, -0.2) is 62.2 Å². The molecule has 1 atom stereocenters. The summed E-state index contributed by atoms with van der Waals surface area (Å²) in [5.74, 6) is 1.56. The molecule has 0 bridgehead atoms. The number of hydrogen-bond donors (Lipinski definition) is 0. The molecule has 3 rings (SSSR count). The minimum Gasteiger partial charge on any atom is -0.497 e. The van der Waals surface area contributed by atoms with Gasteiger partial charge >= 0.3 is 0 Å². The number of ether oxygens (including phenoxy) is 2. The number of nitrogens with zero attached hydrogens (tertiary/aromatic N) is 4. The Kier molecular flexibility index (Phi) is 7.04. The van der Waals surface area contributed by atoms with Crippen molar-refractivity contribution in [2.75, 3.05) is 46.4 Å². The average molecular weight is 399 g/mol. The van der Waals surface area contributed by atoms with Gasteiger partial charge in [0.15, 0.2) is 0 Å². The van der Waals surface area contributed by atoms with E-state index in [1.807, 2.05) is 54.4 Å². The first-order chi connectivity index (χ1) is 14.0. The number of carbonyl (C=O) groups excluding carboxylic acids is 1. The normalized spacial score (nSPS) is 16.6. The minimum absolute atomic E-state index is 0.0630. The van der Waals surface area contributed by atoms with Gasteiger partial charge in [0.05, 0.1) is 31.9 Å². The van der Waals surface area contributed by atoms with E-state index in [0.29, 0.717) is 19.0 Å². The zero-order valence-corrected chi connectivity index (χ0v) is 17.7. The van der Waals surface area contributed by atoms with Crippen molar-refractivity contribution in [1.29, 1.82) is 0 Å². The number of carbonyl (C=O) groups is 1. The summed E-state index contributed by atoms with van der Waals surface area (Å²) in [5, 5.41) is 0. The first-order valence-corrected chi connectivity index (χ1v) is 10.0. The van der Waals surface area contributed by atoms with E-state index in [0.717, 1.165) is 48.4 Å². The lowest BCUT2D eigenvalue weighted by Crippen LogP contribution is -2.39. The van der Waals surface area contributed by atoms with Crippen LogP contribution in [0.3, 0.4) is 0 Å². The molecule has 1 saturated heterocycles. The zero-order valence-electron chi connectivity index (χ0n) is 17.7. The Bertz CT molecular complexity index is 823. The van der Waals surface area contributed by atoms with Crippen LogP contribution in [0.2, 0.25) is 0 Å². The molecule has 0 spiro atoms. The molecule has 1 amide bonds. The maximum atomic E-state index is 12.9. The predicted molar refractivity (Wildman–Crippen MR) is 113 cm³/mol. The van der Waals surface area contributed by atoms with Gasteiger partial charge < -0.3 is 19.3 Å². The second-order valence-electron chi connectivity index (χ2n) is 7.43. The number of aromatic nitrogens is 2. The van der Waals surface area contributed by atoms with Gasteiger partial charge in [0.2, 0.25) is 11.9 Å². The van der Waals surface area contributed by atoms with Gasteiger partial charge in [0.1, 0.15) is 5.75 Å². The van der Waals surface area contributed by atoms with Crippen molar-refractivity contribution in [2.24, 2.45) is 0 Å². The van der Waals surface area contributed by atoms with Gasteiger partial charge in [0.25, 0.3) is 0 Å². The number of likely N-dealkylation sites (tertiary alicyclic amines) is 1. The van der Waals surface area contributed by atoms with Crippen LogP contribution in [-0.2, 0) is 9.53 Å². The third-order valence-electron chi connectivity index (χ3n) is 5.27. The summed E-state index contributed by atoms with van der Waals surface area (Å²) < 4.78 is 10.4. The molecule has 0 unspecified atom stereocenters. The smallest absolute Gasteiger partial charge is 0.225 e. The molecule has 156 valence electrons. The van der Waals surface area contributed by atoms with Gasteiger partial charge in [-0.05, 0) is 37.0 Å². The van der Waals surface area contributed by atoms with E-state index < -0.39 is 0 Å². The van der Waals surface area contributed by atoms with Crippen LogP contribution >= 0.6 is 0 Å². The zero-order chi connectivity index (χ0) is 20.8. The molecule has 29 heavy (non-hydrogen) atoms. The Balaban J connectivity index is 2.03. The highest BCUT2D eigenvalue weighted by atomic mass is 16.5. The molecule has 0 radical (unpaired) electrons. The molecule has 0 N–H and O–H groups in total. The van der Waals surface area contributed by atoms with Crippen molar-refractivity contribution >= 4 is 11.9 Å². The second-order valence-corrected chi connectivity index (χ2v) is 7.43. The summed E-state index contributed by atoms with van der Waals surface area (Å²) >= 11 is 0. The topological polar surface area (TPSA) is 67.8 Å². The van der Waals surface area contributed by atoms with E-state index >= 15 is 0 Å². The van der Waals surface area contributed by atoms with E-state index in [1.54, 1.807) is 14.2 Å². The Morgan fingerprint density at radius 2 is 1.97 bits per heavy atom. The van der Waals surface area contributed by atoms with Crippen LogP contribution in [0.4, 0.5) is 5.95 Å². The molecule has 1 aromatic carbocycles. The van der Waals surface area contributed by atoms with Crippen LogP contribution in [0, 0.1) is 0 Å². The van der Waals surface area contributed by atoms with Crippen molar-refractivity contribution in [3.8, 4) is 16.9 Å². The molecular weight excluding hydrogens is 368 g/mol. The van der Waals surface area contributed by atoms with E-state index in [2.05, 4.69) is 4.98 Å². The molecule has 1 fully saturated rings. The predicted octanol–water partition coefficient (Wildman–Crippen LogP) is 3.31. The van der Waals surface area contributed by atoms with Crippen LogP contribution < -0.4 is 9.64 Å². The fraction of sp³-hybridized carbons (Fsp3) is 0.500. The molecule has 2 aromatic rings. The Morgan fingerprint density at radius 1 is 1.21 bits per heavy atom. The second kappa shape index (κ2) is 9.69. The summed E-state index contributed by atoms with van der Waals surface area (Å²) in [7, 11) is 7.13. The quantitative estimate of drug-likeness (QED) is 0.713. The number of benzene rings is 1. The molecule has 0 aliphatic carbocycles. The van der Waals surface area contributed by atoms with Crippen molar-refractivity contribution in [2.45, 2.75) is 31.7 Å². The maximum absolute atomic E-state index is 12.9. The van der Waals surface area contributed by atoms with E-state index in [-0.39, 0.29) is 11.9 Å². The summed E-state index contributed by atoms with van der Waals surface area (Å²) in [4.78, 5) is 26.1. The Hall–Kier alpha value is -2.67. The first kappa shape index (κ1) is 21.0. The van der Waals surface area contributed by atoms with Gasteiger partial charge in [-0.25, -0.2) is 9.97 Å². The van der Waals surface area contributed by atoms with Crippen molar-refractivity contribution in [1.82, 2.24) is 14.9 Å². The van der Waals surface area contributed by atoms with E-state index in [9.17, 15) is 4.79 Å². The molecule has 7 nitrogen and oxygen atoms in total. The highest BCUT2D eigenvalue weighted by molar-refractivity contribution is 5.77. The molecule has 1 aliphatic heterocycles. The first-order valence-electron chi connectivity index (χ1n) is 10.0. The lowest BCUT2D eigenvalue weighted by atomic mass is 9.93. The number of amides is 1. The monoisotopic (exact) mass is 398 g/mol. The highest BCUT2D eigenvalue weighted by Crippen LogP contribution is 2.37. The van der Waals surface area contributed by atoms with Gasteiger partial charge in [-0.3, -0.25) is 4.79 Å². The number of anilines is 1. The van der Waals surface area contributed by atoms with Gasteiger partial charge in [-0.1, -0.05) is 12.1 Å². The SMILES string of the molecule is COCCC(=O)N1CCCC[C@@H]1c1nc(N(C)C)ncc1-c1ccc(OC)cc1. The summed E-state index contributed by atoms with van der Waals surface area (Å²) in [6.45, 7) is 1.18. The summed E-state index contributed by atoms with van der Waals surface area (Å²) in [6, 6.07) is 7.82. The standard InChI is InChI=1S/C22H30N4O3/c1-25(2)22-23-15-18(16-8-10-17(29-4)11-9-16)21(24-22)19-7-5-6-13-26(19)20(27)12-14-28-3/h8-11,15,19H,5-7,12-14H2,1-4H3/t19-/m1/s1. The van der Waals surface area contributed by atoms with Crippen LogP contribution in [0.25, 0.3) is 11.1 Å². The van der Waals surface area contributed by atoms with Crippen LogP contribution in [0.1, 0.15) is 37.4 Å². The molecule has 7 heteroatoms. The number of hydrogen-bond acceptors (Lipinski definition) is 6. The fourth-order valence-electron chi connectivity index (χ4n) is 3.70. The van der Waals surface area contributed by atoms with Crippen molar-refractivity contribution in [3.63, 3.8) is 0 Å². The van der Waals surface area contributed by atoms with Crippen molar-refractivity contribution in [3.05, 3.63) is 36.2 Å². The van der Waals surface area contributed by atoms with Gasteiger partial charge in [-0.2, -0.15) is 0 Å². The van der Waals surface area contributed by atoms with E-state index in [1.165, 1.54) is 0 Å². The lowest BCUT2D eigenvalue weighted by Gasteiger charge is -2.36. The minimum atomic E-state index is -0.0630. The average Bonchev–Trinajstić information content (AvgIpc) is 2.77. The van der Waals surface area contributed by atoms with Crippen molar-refractivity contribution < 1.29 is 14.3 Å². The molecule has 2 heterocycles. The van der Waals surface area contributed by atoms with Gasteiger partial charge in [-0.15, -0.1) is 0 Å². The lowest BCUT2D eigenvalue weighted by molar-refractivity contribution is -0.136. The van der Waals surface area contributed by atoms with Gasteiger partial charge in [0, 0.05) is 39.5 Å². The number of piperidine rings is 1. The number of rotatable bonds is 7. The Labute approximate surface area is 172 Å². The maximum Gasteiger partial charge on any atom is 0.225 e. The third-order valence-corrected chi connectivity index (χ3v) is 5.27. The molecule has 0 saturated carbocycles. The summed E-state index contributed by atoms with van der Waals surface area (Å²) in [6.07, 6.45) is 5.23.